The van der Waals surface area contributed by atoms with Gasteiger partial charge < -0.3 is 4.42 Å². The van der Waals surface area contributed by atoms with Crippen molar-refractivity contribution in [3.05, 3.63) is 229 Å². The van der Waals surface area contributed by atoms with Crippen LogP contribution in [0.15, 0.2) is 216 Å². The Labute approximate surface area is 357 Å². The van der Waals surface area contributed by atoms with E-state index < -0.39 is 0 Å². The number of aromatic nitrogens is 1. The Morgan fingerprint density at radius 1 is 0.639 bits per heavy atom. The summed E-state index contributed by atoms with van der Waals surface area (Å²) in [6.45, 7) is 5.97. The standard InChI is InChI=1S/C57H38N2OS/c1-3-5-15-36(4-2)56-46-31-33-53-55(54(46)44-20-9-11-23-48(44)59-56)47-34-41(30-32-52(47)61-53)38-26-28-39(29-27-38)50-35-40(37-16-7-6-8-17-37)18-13-24-49(58-50)45-22-14-21-43-42-19-10-12-25-51(42)60-57(43)45/h3-35H,1H2,2H3/b15-5-,18-13?,24-13+,36-4+,40-18-,40-35?,49-24?,50-35?,58-49?,58-50?. The summed E-state index contributed by atoms with van der Waals surface area (Å²) in [6.07, 6.45) is 16.6. The monoisotopic (exact) mass is 798 g/mol. The van der Waals surface area contributed by atoms with Crippen molar-refractivity contribution in [2.24, 2.45) is 4.99 Å². The average molecular weight is 799 g/mol. The van der Waals surface area contributed by atoms with Gasteiger partial charge in [-0.05, 0) is 83.3 Å². The van der Waals surface area contributed by atoms with Gasteiger partial charge in [0, 0.05) is 58.2 Å². The second-order valence-corrected chi connectivity index (χ2v) is 16.3. The molecule has 11 rings (SSSR count). The quantitative estimate of drug-likeness (QED) is 0.119. The van der Waals surface area contributed by atoms with E-state index in [9.17, 15) is 0 Å². The van der Waals surface area contributed by atoms with Crippen LogP contribution in [0.1, 0.15) is 29.3 Å². The number of allylic oxidation sites excluding steroid dienone is 10. The topological polar surface area (TPSA) is 38.4 Å². The van der Waals surface area contributed by atoms with Gasteiger partial charge in [0.05, 0.1) is 22.6 Å². The molecule has 4 heteroatoms. The molecule has 0 fully saturated rings. The molecule has 4 heterocycles. The number of para-hydroxylation sites is 3. The van der Waals surface area contributed by atoms with Gasteiger partial charge in [0.2, 0.25) is 0 Å². The van der Waals surface area contributed by atoms with E-state index in [-0.39, 0.29) is 0 Å². The SMILES string of the molecule is C=C/C=C\C(=C/C)c1nc2ccccc2c2c1ccc1sc3ccc(-c4ccc(C5=C/C(c6ccccc6)=C/C=C/C(c6cccc7c6oc6ccccc67)=N5)cc4)cc3c12. The molecule has 0 N–H and O–H groups in total. The Hall–Kier alpha value is -7.66. The fourth-order valence-corrected chi connectivity index (χ4v) is 9.81. The van der Waals surface area contributed by atoms with Gasteiger partial charge in [-0.3, -0.25) is 0 Å². The molecule has 0 unspecified atom stereocenters. The van der Waals surface area contributed by atoms with Crippen LogP contribution in [0.25, 0.3) is 91.8 Å². The lowest BCUT2D eigenvalue weighted by molar-refractivity contribution is 0.668. The number of pyridine rings is 1. The van der Waals surface area contributed by atoms with Crippen molar-refractivity contribution in [1.29, 1.82) is 0 Å². The van der Waals surface area contributed by atoms with Crippen molar-refractivity contribution in [3.63, 3.8) is 0 Å². The lowest BCUT2D eigenvalue weighted by Crippen LogP contribution is -2.00. The molecule has 0 atom stereocenters. The Kier molecular flexibility index (Phi) is 9.06. The minimum absolute atomic E-state index is 0.839. The first kappa shape index (κ1) is 36.4. The van der Waals surface area contributed by atoms with E-state index in [1.807, 2.05) is 35.6 Å². The maximum absolute atomic E-state index is 6.48. The molecule has 10 aromatic rings. The highest BCUT2D eigenvalue weighted by Crippen LogP contribution is 2.44. The second kappa shape index (κ2) is 15.2. The van der Waals surface area contributed by atoms with Crippen molar-refractivity contribution in [3.8, 4) is 11.1 Å². The van der Waals surface area contributed by atoms with Crippen LogP contribution in [-0.2, 0) is 0 Å². The fraction of sp³-hybridized carbons (Fsp3) is 0.0175. The van der Waals surface area contributed by atoms with Crippen molar-refractivity contribution < 1.29 is 4.42 Å². The highest BCUT2D eigenvalue weighted by Gasteiger charge is 2.19. The van der Waals surface area contributed by atoms with Crippen LogP contribution in [0.2, 0.25) is 0 Å². The van der Waals surface area contributed by atoms with E-state index in [0.717, 1.165) is 94.3 Å². The third-order valence-electron chi connectivity index (χ3n) is 11.7. The van der Waals surface area contributed by atoms with E-state index in [4.69, 9.17) is 14.4 Å². The average Bonchev–Trinajstić information content (AvgIpc) is 3.88. The molecule has 3 nitrogen and oxygen atoms in total. The van der Waals surface area contributed by atoms with Crippen LogP contribution < -0.4 is 0 Å². The largest absolute Gasteiger partial charge is 0.455 e. The van der Waals surface area contributed by atoms with Crippen molar-refractivity contribution in [1.82, 2.24) is 4.98 Å². The summed E-state index contributed by atoms with van der Waals surface area (Å²) in [4.78, 5) is 10.6. The van der Waals surface area contributed by atoms with Crippen LogP contribution in [0.3, 0.4) is 0 Å². The maximum Gasteiger partial charge on any atom is 0.144 e. The normalized spacial score (nSPS) is 15.0. The lowest BCUT2D eigenvalue weighted by atomic mass is 9.94. The van der Waals surface area contributed by atoms with Gasteiger partial charge in [-0.15, -0.1) is 11.3 Å². The molecule has 7 aromatic carbocycles. The number of hydrogen-bond acceptors (Lipinski definition) is 4. The number of aliphatic imine (C=N–C) groups is 1. The molecular weight excluding hydrogens is 761 g/mol. The van der Waals surface area contributed by atoms with Gasteiger partial charge in [-0.1, -0.05) is 158 Å². The summed E-state index contributed by atoms with van der Waals surface area (Å²) in [5, 5.41) is 8.25. The molecule has 0 radical (unpaired) electrons. The molecule has 0 saturated heterocycles. The summed E-state index contributed by atoms with van der Waals surface area (Å²) in [5.41, 5.74) is 13.0. The predicted molar refractivity (Wildman–Crippen MR) is 262 cm³/mol. The lowest BCUT2D eigenvalue weighted by Gasteiger charge is -2.13. The van der Waals surface area contributed by atoms with Crippen molar-refractivity contribution >= 4 is 97.7 Å². The predicted octanol–water partition coefficient (Wildman–Crippen LogP) is 16.0. The van der Waals surface area contributed by atoms with E-state index in [1.54, 1.807) is 0 Å². The fourth-order valence-electron chi connectivity index (χ4n) is 8.72. The Bertz CT molecular complexity index is 3590. The van der Waals surface area contributed by atoms with Crippen LogP contribution >= 0.6 is 11.3 Å². The minimum atomic E-state index is 0.839. The molecule has 0 amide bonds. The van der Waals surface area contributed by atoms with E-state index >= 15 is 0 Å². The number of nitrogens with zero attached hydrogens (tertiary/aromatic N) is 2. The smallest absolute Gasteiger partial charge is 0.144 e. The van der Waals surface area contributed by atoms with Crippen LogP contribution in [0.5, 0.6) is 0 Å². The third kappa shape index (κ3) is 6.37. The number of hydrogen-bond donors (Lipinski definition) is 0. The molecule has 1 aliphatic heterocycles. The highest BCUT2D eigenvalue weighted by atomic mass is 32.1. The van der Waals surface area contributed by atoms with Crippen LogP contribution in [0.4, 0.5) is 0 Å². The van der Waals surface area contributed by atoms with Gasteiger partial charge in [-0.2, -0.15) is 0 Å². The van der Waals surface area contributed by atoms with Gasteiger partial charge in [0.1, 0.15) is 11.2 Å². The molecule has 288 valence electrons. The summed E-state index contributed by atoms with van der Waals surface area (Å²) < 4.78 is 9.00. The van der Waals surface area contributed by atoms with Gasteiger partial charge in [0.15, 0.2) is 0 Å². The number of thiophene rings is 1. The molecule has 0 spiro atoms. The Balaban J connectivity index is 1.04. The first-order valence-corrected chi connectivity index (χ1v) is 21.4. The zero-order valence-electron chi connectivity index (χ0n) is 33.5. The Morgan fingerprint density at radius 3 is 2.25 bits per heavy atom. The first-order chi connectivity index (χ1) is 30.1. The zero-order chi connectivity index (χ0) is 40.9. The molecule has 61 heavy (non-hydrogen) atoms. The highest BCUT2D eigenvalue weighted by molar-refractivity contribution is 7.26. The zero-order valence-corrected chi connectivity index (χ0v) is 34.3. The van der Waals surface area contributed by atoms with Crippen molar-refractivity contribution in [2.45, 2.75) is 6.92 Å². The second-order valence-electron chi connectivity index (χ2n) is 15.2. The maximum atomic E-state index is 6.48. The first-order valence-electron chi connectivity index (χ1n) is 20.5. The minimum Gasteiger partial charge on any atom is -0.455 e. The molecule has 3 aromatic heterocycles. The molecular formula is C57H38N2OS. The van der Waals surface area contributed by atoms with Crippen molar-refractivity contribution in [2.75, 3.05) is 0 Å². The van der Waals surface area contributed by atoms with E-state index in [1.165, 1.54) is 25.6 Å². The summed E-state index contributed by atoms with van der Waals surface area (Å²) in [6, 6.07) is 53.8. The van der Waals surface area contributed by atoms with E-state index in [0.29, 0.717) is 0 Å². The van der Waals surface area contributed by atoms with E-state index in [2.05, 4.69) is 189 Å². The number of benzene rings is 7. The van der Waals surface area contributed by atoms with Gasteiger partial charge in [0.25, 0.3) is 0 Å². The van der Waals surface area contributed by atoms with Gasteiger partial charge in [-0.25, -0.2) is 9.98 Å². The summed E-state index contributed by atoms with van der Waals surface area (Å²) in [5.74, 6) is 0. The molecule has 1 aliphatic rings. The molecule has 0 bridgehead atoms. The Morgan fingerprint density at radius 2 is 1.39 bits per heavy atom. The summed E-state index contributed by atoms with van der Waals surface area (Å²) >= 11 is 1.84. The van der Waals surface area contributed by atoms with Gasteiger partial charge >= 0.3 is 0 Å². The number of fused-ring (bicyclic) bond motifs is 10. The molecule has 0 aliphatic carbocycles. The van der Waals surface area contributed by atoms with Crippen LogP contribution in [-0.4, -0.2) is 10.7 Å². The van der Waals surface area contributed by atoms with Crippen LogP contribution in [0, 0.1) is 0 Å². The third-order valence-corrected chi connectivity index (χ3v) is 12.8. The number of rotatable bonds is 7. The summed E-state index contributed by atoms with van der Waals surface area (Å²) in [7, 11) is 0. The molecule has 0 saturated carbocycles. The number of furan rings is 1.